The number of halogens is 1. The van der Waals surface area contributed by atoms with Gasteiger partial charge in [-0.1, -0.05) is 18.2 Å². The normalized spacial score (nSPS) is 14.7. The Morgan fingerprint density at radius 2 is 1.84 bits per heavy atom. The van der Waals surface area contributed by atoms with E-state index in [0.29, 0.717) is 30.2 Å². The van der Waals surface area contributed by atoms with Gasteiger partial charge >= 0.3 is 0 Å². The first-order valence-electron chi connectivity index (χ1n) is 10.8. The Hall–Kier alpha value is -3.33. The van der Waals surface area contributed by atoms with Crippen molar-refractivity contribution in [2.45, 2.75) is 33.0 Å². The van der Waals surface area contributed by atoms with Crippen molar-refractivity contribution < 1.29 is 13.9 Å². The molecule has 0 N–H and O–H groups in total. The van der Waals surface area contributed by atoms with E-state index in [1.165, 1.54) is 12.1 Å². The van der Waals surface area contributed by atoms with Crippen molar-refractivity contribution in [3.63, 3.8) is 0 Å². The summed E-state index contributed by atoms with van der Waals surface area (Å²) in [5, 5.41) is 11.7. The van der Waals surface area contributed by atoms with E-state index in [2.05, 4.69) is 20.4 Å². The average molecular weight is 439 g/mol. The van der Waals surface area contributed by atoms with Crippen molar-refractivity contribution in [1.29, 1.82) is 0 Å². The summed E-state index contributed by atoms with van der Waals surface area (Å²) in [7, 11) is 0. The molecule has 2 aromatic carbocycles. The van der Waals surface area contributed by atoms with Crippen LogP contribution in [0.4, 0.5) is 4.39 Å². The number of benzene rings is 2. The Morgan fingerprint density at radius 1 is 1.09 bits per heavy atom. The number of rotatable bonds is 7. The van der Waals surface area contributed by atoms with Gasteiger partial charge in [0.25, 0.3) is 5.91 Å². The number of ether oxygens (including phenoxy) is 1. The van der Waals surface area contributed by atoms with Crippen molar-refractivity contribution in [3.05, 3.63) is 71.3 Å². The van der Waals surface area contributed by atoms with E-state index in [0.717, 1.165) is 25.2 Å². The molecule has 0 bridgehead atoms. The number of hydrogen-bond acceptors (Lipinski definition) is 6. The zero-order valence-electron chi connectivity index (χ0n) is 18.3. The monoisotopic (exact) mass is 438 g/mol. The summed E-state index contributed by atoms with van der Waals surface area (Å²) in [6, 6.07) is 13.9. The summed E-state index contributed by atoms with van der Waals surface area (Å²) in [5.74, 6) is 0.996. The number of hydrogen-bond donors (Lipinski definition) is 0. The van der Waals surface area contributed by atoms with Gasteiger partial charge in [0.05, 0.1) is 6.04 Å². The van der Waals surface area contributed by atoms with Gasteiger partial charge < -0.3 is 9.64 Å². The first-order valence-corrected chi connectivity index (χ1v) is 10.8. The second-order valence-electron chi connectivity index (χ2n) is 8.14. The van der Waals surface area contributed by atoms with Crippen LogP contribution < -0.4 is 4.74 Å². The molecular weight excluding hydrogens is 411 g/mol. The van der Waals surface area contributed by atoms with E-state index < -0.39 is 0 Å². The zero-order valence-corrected chi connectivity index (χ0v) is 18.3. The Labute approximate surface area is 186 Å². The van der Waals surface area contributed by atoms with Crippen LogP contribution in [0.1, 0.15) is 41.6 Å². The fourth-order valence-corrected chi connectivity index (χ4v) is 3.71. The lowest BCUT2D eigenvalue weighted by molar-refractivity contribution is 0.0628. The van der Waals surface area contributed by atoms with Crippen LogP contribution in [-0.4, -0.2) is 62.1 Å². The minimum absolute atomic E-state index is 0.0103. The van der Waals surface area contributed by atoms with Gasteiger partial charge in [0.1, 0.15) is 18.2 Å². The second-order valence-corrected chi connectivity index (χ2v) is 8.14. The highest BCUT2D eigenvalue weighted by atomic mass is 19.1. The highest BCUT2D eigenvalue weighted by Gasteiger charge is 2.22. The summed E-state index contributed by atoms with van der Waals surface area (Å²) < 4.78 is 20.6. The molecule has 32 heavy (non-hydrogen) atoms. The number of piperazine rings is 1. The van der Waals surface area contributed by atoms with Gasteiger partial charge in [0.15, 0.2) is 5.82 Å². The minimum atomic E-state index is -0.228. The van der Waals surface area contributed by atoms with Gasteiger partial charge in [-0.25, -0.2) is 9.07 Å². The summed E-state index contributed by atoms with van der Waals surface area (Å²) in [4.78, 5) is 17.1. The summed E-state index contributed by atoms with van der Waals surface area (Å²) >= 11 is 0. The summed E-state index contributed by atoms with van der Waals surface area (Å²) in [5.41, 5.74) is 1.66. The highest BCUT2D eigenvalue weighted by Crippen LogP contribution is 2.18. The molecule has 1 aromatic heterocycles. The molecule has 1 fully saturated rings. The molecule has 0 spiro atoms. The Balaban J connectivity index is 1.32. The van der Waals surface area contributed by atoms with Gasteiger partial charge in [0, 0.05) is 38.3 Å². The predicted octanol–water partition coefficient (Wildman–Crippen LogP) is 2.93. The topological polar surface area (TPSA) is 76.4 Å². The molecule has 0 atom stereocenters. The number of carbonyl (C=O) groups excluding carboxylic acids is 1. The number of nitrogens with zero attached hydrogens (tertiary/aromatic N) is 6. The number of aromatic nitrogens is 4. The number of tetrazole rings is 1. The van der Waals surface area contributed by atoms with E-state index in [4.69, 9.17) is 4.74 Å². The predicted molar refractivity (Wildman–Crippen MR) is 117 cm³/mol. The van der Waals surface area contributed by atoms with Crippen LogP contribution in [0, 0.1) is 5.82 Å². The zero-order chi connectivity index (χ0) is 22.5. The lowest BCUT2D eigenvalue weighted by atomic mass is 10.1. The van der Waals surface area contributed by atoms with E-state index in [9.17, 15) is 9.18 Å². The molecule has 3 aromatic rings. The van der Waals surface area contributed by atoms with Crippen molar-refractivity contribution >= 4 is 5.91 Å². The SMILES string of the molecule is CC(C)n1nnnc1COc1cccc(C(=O)N2CCN(Cc3ccc(F)cc3)CC2)c1. The second kappa shape index (κ2) is 9.86. The molecular formula is C23H27FN6O2. The maximum absolute atomic E-state index is 13.1. The first-order chi connectivity index (χ1) is 15.5. The lowest BCUT2D eigenvalue weighted by Gasteiger charge is -2.34. The van der Waals surface area contributed by atoms with Crippen LogP contribution in [0.2, 0.25) is 0 Å². The number of carbonyl (C=O) groups is 1. The van der Waals surface area contributed by atoms with E-state index in [1.54, 1.807) is 28.9 Å². The van der Waals surface area contributed by atoms with Crippen LogP contribution in [-0.2, 0) is 13.2 Å². The molecule has 0 unspecified atom stereocenters. The fraction of sp³-hybridized carbons (Fsp3) is 0.391. The van der Waals surface area contributed by atoms with Crippen LogP contribution in [0.15, 0.2) is 48.5 Å². The molecule has 168 valence electrons. The van der Waals surface area contributed by atoms with Crippen LogP contribution in [0.25, 0.3) is 0 Å². The maximum Gasteiger partial charge on any atom is 0.254 e. The molecule has 1 aliphatic rings. The molecule has 1 saturated heterocycles. The smallest absolute Gasteiger partial charge is 0.254 e. The van der Waals surface area contributed by atoms with Gasteiger partial charge in [-0.15, -0.1) is 5.10 Å². The molecule has 1 amide bonds. The fourth-order valence-electron chi connectivity index (χ4n) is 3.71. The first kappa shape index (κ1) is 21.9. The standard InChI is InChI=1S/C23H27FN6O2/c1-17(2)30-22(25-26-27-30)16-32-21-5-3-4-19(14-21)23(31)29-12-10-28(11-13-29)15-18-6-8-20(24)9-7-18/h3-9,14,17H,10-13,15-16H2,1-2H3. The van der Waals surface area contributed by atoms with Crippen molar-refractivity contribution in [2.24, 2.45) is 0 Å². The summed E-state index contributed by atoms with van der Waals surface area (Å²) in [6.45, 7) is 7.82. The third-order valence-electron chi connectivity index (χ3n) is 5.48. The van der Waals surface area contributed by atoms with Gasteiger partial charge in [0.2, 0.25) is 0 Å². The minimum Gasteiger partial charge on any atom is -0.486 e. The Morgan fingerprint density at radius 3 is 2.56 bits per heavy atom. The molecule has 2 heterocycles. The lowest BCUT2D eigenvalue weighted by Crippen LogP contribution is -2.48. The maximum atomic E-state index is 13.1. The molecule has 0 saturated carbocycles. The Bertz CT molecular complexity index is 1040. The molecule has 9 heteroatoms. The van der Waals surface area contributed by atoms with Crippen molar-refractivity contribution in [3.8, 4) is 5.75 Å². The van der Waals surface area contributed by atoms with Crippen molar-refractivity contribution in [2.75, 3.05) is 26.2 Å². The number of amides is 1. The van der Waals surface area contributed by atoms with Crippen LogP contribution in [0.3, 0.4) is 0 Å². The largest absolute Gasteiger partial charge is 0.486 e. The van der Waals surface area contributed by atoms with Crippen molar-refractivity contribution in [1.82, 2.24) is 30.0 Å². The van der Waals surface area contributed by atoms with Gasteiger partial charge in [-0.2, -0.15) is 0 Å². The van der Waals surface area contributed by atoms with Crippen LogP contribution in [0.5, 0.6) is 5.75 Å². The quantitative estimate of drug-likeness (QED) is 0.565. The summed E-state index contributed by atoms with van der Waals surface area (Å²) in [6.07, 6.45) is 0. The Kier molecular flexibility index (Phi) is 6.75. The van der Waals surface area contributed by atoms with E-state index >= 15 is 0 Å². The third-order valence-corrected chi connectivity index (χ3v) is 5.48. The van der Waals surface area contributed by atoms with E-state index in [-0.39, 0.29) is 24.4 Å². The van der Waals surface area contributed by atoms with Gasteiger partial charge in [-0.05, 0) is 60.2 Å². The molecule has 0 aliphatic carbocycles. The third kappa shape index (κ3) is 5.28. The van der Waals surface area contributed by atoms with E-state index in [1.807, 2.05) is 30.9 Å². The molecule has 4 rings (SSSR count). The highest BCUT2D eigenvalue weighted by molar-refractivity contribution is 5.94. The van der Waals surface area contributed by atoms with Crippen LogP contribution >= 0.6 is 0 Å². The molecule has 1 aliphatic heterocycles. The average Bonchev–Trinajstić information content (AvgIpc) is 3.29. The molecule has 8 nitrogen and oxygen atoms in total. The van der Waals surface area contributed by atoms with Gasteiger partial charge in [-0.3, -0.25) is 9.69 Å². The molecule has 0 radical (unpaired) electrons.